The zero-order chi connectivity index (χ0) is 13.1. The molecule has 2 unspecified atom stereocenters. The fourth-order valence-corrected chi connectivity index (χ4v) is 3.84. The second-order valence-corrected chi connectivity index (χ2v) is 6.22. The largest absolute Gasteiger partial charge is 0.345 e. The van der Waals surface area contributed by atoms with Gasteiger partial charge in [0, 0.05) is 30.2 Å². The number of benzene rings is 1. The SMILES string of the molecule is Cc1ccc2c3c1ccn3CC1C2=CC(C)CN1C. The van der Waals surface area contributed by atoms with Gasteiger partial charge in [0.2, 0.25) is 0 Å². The normalized spacial score (nSPS) is 26.4. The fraction of sp³-hybridized carbons (Fsp3) is 0.412. The van der Waals surface area contributed by atoms with E-state index in [1.807, 2.05) is 0 Å². The lowest BCUT2D eigenvalue weighted by atomic mass is 9.86. The zero-order valence-corrected chi connectivity index (χ0v) is 11.9. The summed E-state index contributed by atoms with van der Waals surface area (Å²) in [5, 5.41) is 1.41. The van der Waals surface area contributed by atoms with Crippen LogP contribution in [0.25, 0.3) is 16.5 Å². The minimum Gasteiger partial charge on any atom is -0.345 e. The van der Waals surface area contributed by atoms with E-state index < -0.39 is 0 Å². The molecule has 0 amide bonds. The maximum atomic E-state index is 2.51. The van der Waals surface area contributed by atoms with Gasteiger partial charge in [0.05, 0.1) is 11.6 Å². The van der Waals surface area contributed by atoms with E-state index >= 15 is 0 Å². The molecule has 1 aromatic carbocycles. The molecule has 0 aliphatic carbocycles. The van der Waals surface area contributed by atoms with Crippen LogP contribution >= 0.6 is 0 Å². The average molecular weight is 252 g/mol. The minimum atomic E-state index is 0.544. The van der Waals surface area contributed by atoms with Crippen LogP contribution in [-0.2, 0) is 6.54 Å². The van der Waals surface area contributed by atoms with E-state index in [4.69, 9.17) is 0 Å². The molecule has 19 heavy (non-hydrogen) atoms. The Labute approximate surface area is 114 Å². The molecule has 0 N–H and O–H groups in total. The van der Waals surface area contributed by atoms with Gasteiger partial charge in [-0.3, -0.25) is 4.90 Å². The third-order valence-electron chi connectivity index (χ3n) is 4.76. The van der Waals surface area contributed by atoms with E-state index in [9.17, 15) is 0 Å². The summed E-state index contributed by atoms with van der Waals surface area (Å²) >= 11 is 0. The van der Waals surface area contributed by atoms with Crippen molar-refractivity contribution in [1.29, 1.82) is 0 Å². The number of aryl methyl sites for hydroxylation is 1. The third kappa shape index (κ3) is 1.47. The van der Waals surface area contributed by atoms with Crippen LogP contribution in [0.3, 0.4) is 0 Å². The van der Waals surface area contributed by atoms with E-state index in [1.165, 1.54) is 34.1 Å². The smallest absolute Gasteiger partial charge is 0.0560 e. The Morgan fingerprint density at radius 1 is 1.16 bits per heavy atom. The predicted octanol–water partition coefficient (Wildman–Crippen LogP) is 3.30. The molecule has 0 radical (unpaired) electrons. The summed E-state index contributed by atoms with van der Waals surface area (Å²) < 4.78 is 2.44. The molecule has 2 atom stereocenters. The molecule has 2 aliphatic heterocycles. The zero-order valence-electron chi connectivity index (χ0n) is 11.9. The number of fused-ring (bicyclic) bond motifs is 2. The highest BCUT2D eigenvalue weighted by Gasteiger charge is 2.32. The average Bonchev–Trinajstić information content (AvgIpc) is 2.79. The number of hydrogen-bond donors (Lipinski definition) is 0. The highest BCUT2D eigenvalue weighted by Crippen LogP contribution is 2.39. The first kappa shape index (κ1) is 11.3. The van der Waals surface area contributed by atoms with Crippen molar-refractivity contribution >= 4 is 16.5 Å². The Balaban J connectivity index is 2.03. The van der Waals surface area contributed by atoms with Crippen molar-refractivity contribution in [2.24, 2.45) is 5.92 Å². The molecular weight excluding hydrogens is 232 g/mol. The lowest BCUT2D eigenvalue weighted by molar-refractivity contribution is 0.234. The number of aromatic nitrogens is 1. The van der Waals surface area contributed by atoms with E-state index in [0.29, 0.717) is 12.0 Å². The van der Waals surface area contributed by atoms with Gasteiger partial charge >= 0.3 is 0 Å². The van der Waals surface area contributed by atoms with E-state index in [1.54, 1.807) is 0 Å². The molecular formula is C17H20N2. The van der Waals surface area contributed by atoms with Gasteiger partial charge in [0.1, 0.15) is 0 Å². The van der Waals surface area contributed by atoms with Gasteiger partial charge in [-0.1, -0.05) is 25.1 Å². The summed E-state index contributed by atoms with van der Waals surface area (Å²) in [6, 6.07) is 7.40. The second kappa shape index (κ2) is 3.73. The summed E-state index contributed by atoms with van der Waals surface area (Å²) in [7, 11) is 2.26. The molecule has 2 aliphatic rings. The summed E-state index contributed by atoms with van der Waals surface area (Å²) in [5.74, 6) is 0.647. The molecule has 3 heterocycles. The van der Waals surface area contributed by atoms with Crippen molar-refractivity contribution in [2.45, 2.75) is 26.4 Å². The van der Waals surface area contributed by atoms with Crippen molar-refractivity contribution in [2.75, 3.05) is 13.6 Å². The molecule has 98 valence electrons. The van der Waals surface area contributed by atoms with Crippen LogP contribution in [-0.4, -0.2) is 29.1 Å². The van der Waals surface area contributed by atoms with Gasteiger partial charge in [-0.05, 0) is 37.1 Å². The van der Waals surface area contributed by atoms with E-state index in [-0.39, 0.29) is 0 Å². The summed E-state index contributed by atoms with van der Waals surface area (Å²) in [5.41, 5.74) is 5.80. The Morgan fingerprint density at radius 3 is 2.84 bits per heavy atom. The Morgan fingerprint density at radius 2 is 2.00 bits per heavy atom. The van der Waals surface area contributed by atoms with Gasteiger partial charge in [0.15, 0.2) is 0 Å². The van der Waals surface area contributed by atoms with Crippen LogP contribution in [0.2, 0.25) is 0 Å². The van der Waals surface area contributed by atoms with Crippen molar-refractivity contribution in [3.8, 4) is 0 Å². The van der Waals surface area contributed by atoms with Crippen molar-refractivity contribution < 1.29 is 0 Å². The number of likely N-dealkylation sites (N-methyl/N-ethyl adjacent to an activating group) is 1. The Kier molecular flexibility index (Phi) is 2.22. The number of hydrogen-bond acceptors (Lipinski definition) is 1. The topological polar surface area (TPSA) is 8.17 Å². The van der Waals surface area contributed by atoms with Crippen molar-refractivity contribution in [3.63, 3.8) is 0 Å². The predicted molar refractivity (Wildman–Crippen MR) is 80.2 cm³/mol. The molecule has 0 spiro atoms. The molecule has 2 heteroatoms. The lowest BCUT2D eigenvalue weighted by Gasteiger charge is -2.39. The summed E-state index contributed by atoms with van der Waals surface area (Å²) in [6.07, 6.45) is 4.75. The Hall–Kier alpha value is -1.54. The van der Waals surface area contributed by atoms with E-state index in [0.717, 1.165) is 6.54 Å². The molecule has 2 aromatic rings. The first-order valence-corrected chi connectivity index (χ1v) is 7.16. The van der Waals surface area contributed by atoms with Crippen molar-refractivity contribution in [1.82, 2.24) is 9.47 Å². The quantitative estimate of drug-likeness (QED) is 0.698. The van der Waals surface area contributed by atoms with Gasteiger partial charge in [-0.15, -0.1) is 0 Å². The molecule has 4 rings (SSSR count). The van der Waals surface area contributed by atoms with Gasteiger partial charge < -0.3 is 4.57 Å². The molecule has 2 nitrogen and oxygen atoms in total. The van der Waals surface area contributed by atoms with E-state index in [2.05, 4.69) is 60.8 Å². The number of rotatable bonds is 0. The first-order chi connectivity index (χ1) is 9.15. The van der Waals surface area contributed by atoms with Crippen LogP contribution in [0.15, 0.2) is 30.5 Å². The van der Waals surface area contributed by atoms with Crippen LogP contribution < -0.4 is 0 Å². The van der Waals surface area contributed by atoms with Crippen LogP contribution in [0.1, 0.15) is 18.1 Å². The van der Waals surface area contributed by atoms with Gasteiger partial charge in [-0.25, -0.2) is 0 Å². The van der Waals surface area contributed by atoms with Crippen LogP contribution in [0.4, 0.5) is 0 Å². The second-order valence-electron chi connectivity index (χ2n) is 6.22. The molecule has 1 aromatic heterocycles. The highest BCUT2D eigenvalue weighted by molar-refractivity contribution is 5.96. The molecule has 0 saturated carbocycles. The molecule has 0 fully saturated rings. The van der Waals surface area contributed by atoms with Crippen LogP contribution in [0.5, 0.6) is 0 Å². The van der Waals surface area contributed by atoms with Crippen LogP contribution in [0, 0.1) is 12.8 Å². The standard InChI is InChI=1S/C17H20N2/c1-11-8-15-14-5-4-12(2)13-6-7-19(17(13)14)10-16(15)18(3)9-11/h4-8,11,16H,9-10H2,1-3H3. The highest BCUT2D eigenvalue weighted by atomic mass is 15.2. The maximum Gasteiger partial charge on any atom is 0.0560 e. The fourth-order valence-electron chi connectivity index (χ4n) is 3.84. The monoisotopic (exact) mass is 252 g/mol. The maximum absolute atomic E-state index is 2.51. The van der Waals surface area contributed by atoms with Crippen molar-refractivity contribution in [3.05, 3.63) is 41.6 Å². The van der Waals surface area contributed by atoms with Gasteiger partial charge in [-0.2, -0.15) is 0 Å². The molecule has 0 saturated heterocycles. The number of nitrogens with zero attached hydrogens (tertiary/aromatic N) is 2. The molecule has 0 bridgehead atoms. The lowest BCUT2D eigenvalue weighted by Crippen LogP contribution is -2.43. The Bertz CT molecular complexity index is 693. The van der Waals surface area contributed by atoms with Gasteiger partial charge in [0.25, 0.3) is 0 Å². The third-order valence-corrected chi connectivity index (χ3v) is 4.76. The minimum absolute atomic E-state index is 0.544. The summed E-state index contributed by atoms with van der Waals surface area (Å²) in [4.78, 5) is 2.51. The summed E-state index contributed by atoms with van der Waals surface area (Å²) in [6.45, 7) is 6.78. The first-order valence-electron chi connectivity index (χ1n) is 7.16.